The van der Waals surface area contributed by atoms with Crippen LogP contribution in [0.25, 0.3) is 0 Å². The molecule has 0 unspecified atom stereocenters. The van der Waals surface area contributed by atoms with Crippen molar-refractivity contribution in [2.75, 3.05) is 0 Å². The Morgan fingerprint density at radius 1 is 1.00 bits per heavy atom. The van der Waals surface area contributed by atoms with Gasteiger partial charge in [-0.2, -0.15) is 13.2 Å². The summed E-state index contributed by atoms with van der Waals surface area (Å²) in [4.78, 5) is 30.0. The lowest BCUT2D eigenvalue weighted by atomic mass is 9.79. The van der Waals surface area contributed by atoms with E-state index in [0.29, 0.717) is 18.1 Å². The first-order valence-electron chi connectivity index (χ1n) is 12.8. The molecule has 6 nitrogen and oxygen atoms in total. The largest absolute Gasteiger partial charge is 0.481 e. The van der Waals surface area contributed by atoms with E-state index in [1.165, 1.54) is 18.3 Å². The monoisotopic (exact) mass is 575 g/mol. The number of hydrogen-bond donors (Lipinski definition) is 3. The van der Waals surface area contributed by atoms with Crippen LogP contribution in [0.1, 0.15) is 41.6 Å². The minimum absolute atomic E-state index is 0.0277. The van der Waals surface area contributed by atoms with Gasteiger partial charge >= 0.3 is 18.2 Å². The molecule has 2 aliphatic rings. The van der Waals surface area contributed by atoms with Gasteiger partial charge in [0.2, 0.25) is 0 Å². The molecule has 11 heteroatoms. The molecule has 210 valence electrons. The van der Waals surface area contributed by atoms with Crippen LogP contribution in [0, 0.1) is 23.6 Å². The second kappa shape index (κ2) is 10.7. The van der Waals surface area contributed by atoms with E-state index in [9.17, 15) is 32.3 Å². The highest BCUT2D eigenvalue weighted by molar-refractivity contribution is 6.30. The fourth-order valence-corrected chi connectivity index (χ4v) is 6.40. The Bertz CT molecular complexity index is 1400. The quantitative estimate of drug-likeness (QED) is 0.294. The Balaban J connectivity index is 1.62. The number of nitrogens with zero attached hydrogens (tertiary/aromatic N) is 1. The molecule has 2 aliphatic carbocycles. The molecule has 40 heavy (non-hydrogen) atoms. The van der Waals surface area contributed by atoms with E-state index in [-0.39, 0.29) is 34.5 Å². The van der Waals surface area contributed by atoms with Crippen LogP contribution in [-0.2, 0) is 22.9 Å². The Kier molecular flexibility index (Phi) is 7.48. The highest BCUT2D eigenvalue weighted by Gasteiger charge is 2.52. The number of nitrogens with one attached hydrogen (secondary N) is 2. The van der Waals surface area contributed by atoms with Crippen LogP contribution < -0.4 is 10.6 Å². The third-order valence-corrected chi connectivity index (χ3v) is 8.24. The van der Waals surface area contributed by atoms with Gasteiger partial charge < -0.3 is 15.7 Å². The summed E-state index contributed by atoms with van der Waals surface area (Å²) in [6.07, 6.45) is -1.45. The molecule has 2 amide bonds. The highest BCUT2D eigenvalue weighted by Crippen LogP contribution is 2.48. The van der Waals surface area contributed by atoms with E-state index in [2.05, 4.69) is 15.6 Å². The fourth-order valence-electron chi connectivity index (χ4n) is 6.29. The average Bonchev–Trinajstić information content (AvgIpc) is 3.50. The van der Waals surface area contributed by atoms with Gasteiger partial charge in [0.15, 0.2) is 0 Å². The van der Waals surface area contributed by atoms with Crippen LogP contribution in [-0.4, -0.2) is 28.1 Å². The zero-order chi connectivity index (χ0) is 28.7. The van der Waals surface area contributed by atoms with Crippen LogP contribution in [0.3, 0.4) is 0 Å². The van der Waals surface area contributed by atoms with E-state index in [0.717, 1.165) is 25.0 Å². The van der Waals surface area contributed by atoms with Crippen LogP contribution in [0.5, 0.6) is 0 Å². The van der Waals surface area contributed by atoms with Crippen LogP contribution >= 0.6 is 11.6 Å². The molecule has 2 saturated carbocycles. The van der Waals surface area contributed by atoms with Crippen molar-refractivity contribution in [2.45, 2.75) is 43.4 Å². The second-order valence-corrected chi connectivity index (χ2v) is 10.9. The summed E-state index contributed by atoms with van der Waals surface area (Å²) in [6, 6.07) is 12.3. The van der Waals surface area contributed by atoms with Crippen molar-refractivity contribution in [1.29, 1.82) is 0 Å². The number of pyridine rings is 1. The van der Waals surface area contributed by atoms with Gasteiger partial charge in [0.25, 0.3) is 0 Å². The predicted molar refractivity (Wildman–Crippen MR) is 139 cm³/mol. The molecule has 2 bridgehead atoms. The maximum absolute atomic E-state index is 14.8. The third-order valence-electron chi connectivity index (χ3n) is 8.02. The Morgan fingerprint density at radius 3 is 2.35 bits per heavy atom. The number of halogens is 5. The number of rotatable bonds is 7. The van der Waals surface area contributed by atoms with Crippen molar-refractivity contribution in [1.82, 2.24) is 15.6 Å². The van der Waals surface area contributed by atoms with Crippen molar-refractivity contribution < 1.29 is 32.3 Å². The normalized spacial score (nSPS) is 23.4. The van der Waals surface area contributed by atoms with Gasteiger partial charge in [0.05, 0.1) is 22.2 Å². The van der Waals surface area contributed by atoms with Gasteiger partial charge in [-0.25, -0.2) is 9.18 Å². The number of carboxylic acid groups (broad SMARTS) is 1. The number of benzene rings is 2. The van der Waals surface area contributed by atoms with E-state index in [1.807, 2.05) is 0 Å². The first-order chi connectivity index (χ1) is 19.0. The van der Waals surface area contributed by atoms with Crippen molar-refractivity contribution in [3.63, 3.8) is 0 Å². The van der Waals surface area contributed by atoms with E-state index >= 15 is 0 Å². The molecule has 5 rings (SSSR count). The number of alkyl halides is 3. The van der Waals surface area contributed by atoms with Crippen molar-refractivity contribution in [3.8, 4) is 0 Å². The number of carboxylic acids is 1. The zero-order valence-corrected chi connectivity index (χ0v) is 21.8. The lowest BCUT2D eigenvalue weighted by Gasteiger charge is -2.37. The van der Waals surface area contributed by atoms with Crippen LogP contribution in [0.4, 0.5) is 22.4 Å². The summed E-state index contributed by atoms with van der Waals surface area (Å²) in [7, 11) is 0. The molecule has 0 aliphatic heterocycles. The van der Waals surface area contributed by atoms with E-state index in [1.54, 1.807) is 30.3 Å². The number of carbonyl (C=O) groups excluding carboxylic acids is 1. The Hall–Kier alpha value is -3.66. The number of carbonyl (C=O) groups is 2. The lowest BCUT2D eigenvalue weighted by Crippen LogP contribution is -2.57. The summed E-state index contributed by atoms with van der Waals surface area (Å²) in [5.74, 6) is -3.00. The van der Waals surface area contributed by atoms with Gasteiger partial charge in [-0.1, -0.05) is 41.9 Å². The maximum Gasteiger partial charge on any atom is 0.416 e. The first kappa shape index (κ1) is 27.9. The fraction of sp³-hybridized carbons (Fsp3) is 0.345. The van der Waals surface area contributed by atoms with E-state index < -0.39 is 47.1 Å². The topological polar surface area (TPSA) is 91.3 Å². The molecule has 1 heterocycles. The number of urea groups is 1. The van der Waals surface area contributed by atoms with Gasteiger partial charge in [0, 0.05) is 18.7 Å². The molecular formula is C29H26ClF4N3O3. The lowest BCUT2D eigenvalue weighted by molar-refractivity contribution is -0.144. The summed E-state index contributed by atoms with van der Waals surface area (Å²) in [5, 5.41) is 15.7. The summed E-state index contributed by atoms with van der Waals surface area (Å²) in [6.45, 7) is 0. The molecule has 0 saturated heterocycles. The zero-order valence-electron chi connectivity index (χ0n) is 21.1. The van der Waals surface area contributed by atoms with E-state index in [4.69, 9.17) is 11.6 Å². The minimum atomic E-state index is -4.86. The maximum atomic E-state index is 14.8. The van der Waals surface area contributed by atoms with Crippen molar-refractivity contribution in [3.05, 3.63) is 100 Å². The molecule has 3 N–H and O–H groups in total. The average molecular weight is 576 g/mol. The van der Waals surface area contributed by atoms with Gasteiger partial charge in [-0.3, -0.25) is 9.78 Å². The van der Waals surface area contributed by atoms with Crippen LogP contribution in [0.2, 0.25) is 5.02 Å². The van der Waals surface area contributed by atoms with Crippen molar-refractivity contribution >= 4 is 23.6 Å². The number of hydrogen-bond acceptors (Lipinski definition) is 3. The Labute approximate surface area is 232 Å². The molecule has 1 aromatic heterocycles. The molecule has 3 aromatic rings. The molecular weight excluding hydrogens is 550 g/mol. The van der Waals surface area contributed by atoms with Crippen LogP contribution in [0.15, 0.2) is 66.9 Å². The smallest absolute Gasteiger partial charge is 0.416 e. The number of aromatic nitrogens is 1. The standard InChI is InChI=1S/C29H26ClF4N3O3/c30-21-8-9-23(35-15-21)28(14-16-4-2-1-3-5-16,19-11-20(29(32,33)34)13-22(31)12-19)37-27(40)36-25-18-7-6-17(10-18)24(25)26(38)39/h1-5,8-9,11-13,15,17-18,24-25H,6-7,10,14H2,(H,38,39)(H2,36,37,40)/t17-,18+,24+,25-,28+/m1/s1. The number of fused-ring (bicyclic) bond motifs is 2. The minimum Gasteiger partial charge on any atom is -0.481 e. The van der Waals surface area contributed by atoms with Crippen molar-refractivity contribution in [2.24, 2.45) is 17.8 Å². The Morgan fingerprint density at radius 2 is 1.70 bits per heavy atom. The molecule has 2 aromatic carbocycles. The van der Waals surface area contributed by atoms with Gasteiger partial charge in [-0.15, -0.1) is 0 Å². The van der Waals surface area contributed by atoms with Gasteiger partial charge in [0.1, 0.15) is 11.4 Å². The number of aliphatic carboxylic acids is 1. The summed E-state index contributed by atoms with van der Waals surface area (Å²) < 4.78 is 56.2. The van der Waals surface area contributed by atoms with Gasteiger partial charge in [-0.05, 0) is 72.6 Å². The summed E-state index contributed by atoms with van der Waals surface area (Å²) >= 11 is 6.05. The molecule has 0 spiro atoms. The molecule has 5 atom stereocenters. The first-order valence-corrected chi connectivity index (χ1v) is 13.2. The second-order valence-electron chi connectivity index (χ2n) is 10.5. The predicted octanol–water partition coefficient (Wildman–Crippen LogP) is 6.18. The third kappa shape index (κ3) is 5.50. The molecule has 0 radical (unpaired) electrons. The SMILES string of the molecule is O=C(N[C@@H]1[C@H]2CC[C@H](C2)[C@@H]1C(=O)O)N[C@@](Cc1ccccc1)(c1cc(F)cc(C(F)(F)F)c1)c1ccc(Cl)cn1. The summed E-state index contributed by atoms with van der Waals surface area (Å²) in [5.41, 5.74) is -2.45. The number of amides is 2. The highest BCUT2D eigenvalue weighted by atomic mass is 35.5. The molecule has 2 fully saturated rings.